The van der Waals surface area contributed by atoms with E-state index < -0.39 is 0 Å². The Morgan fingerprint density at radius 2 is 2.07 bits per heavy atom. The van der Waals surface area contributed by atoms with E-state index in [1.54, 1.807) is 4.90 Å². The largest absolute Gasteiger partial charge is 0.340 e. The Balaban J connectivity index is 0.00000196. The minimum Gasteiger partial charge on any atom is -0.340 e. The van der Waals surface area contributed by atoms with Gasteiger partial charge in [-0.2, -0.15) is 0 Å². The Hall–Kier alpha value is -0.320. The molecule has 0 aliphatic carbocycles. The van der Waals surface area contributed by atoms with Gasteiger partial charge in [0.2, 0.25) is 5.91 Å². The van der Waals surface area contributed by atoms with E-state index in [-0.39, 0.29) is 36.3 Å². The standard InChI is InChI=1S/C10H21N3O.ClH/c1-7(2)9(12)10(14)13-5-3-4-8(11)6-13;/h7-9H,3-6,11-12H2,1-2H3;1H/t8?,9-;/m1./s1. The molecule has 0 aromatic carbocycles. The number of carbonyl (C=O) groups excluding carboxylic acids is 1. The summed E-state index contributed by atoms with van der Waals surface area (Å²) in [4.78, 5) is 13.6. The van der Waals surface area contributed by atoms with Crippen molar-refractivity contribution in [1.82, 2.24) is 4.90 Å². The summed E-state index contributed by atoms with van der Waals surface area (Å²) in [7, 11) is 0. The van der Waals surface area contributed by atoms with Gasteiger partial charge in [-0.3, -0.25) is 4.79 Å². The fourth-order valence-corrected chi connectivity index (χ4v) is 1.71. The maximum atomic E-state index is 11.8. The summed E-state index contributed by atoms with van der Waals surface area (Å²) in [6, 6.07) is -0.243. The molecule has 0 saturated carbocycles. The molecule has 0 spiro atoms. The third-order valence-electron chi connectivity index (χ3n) is 2.77. The first-order valence-electron chi connectivity index (χ1n) is 5.32. The van der Waals surface area contributed by atoms with Crippen LogP contribution in [0.2, 0.25) is 0 Å². The molecule has 1 aliphatic rings. The summed E-state index contributed by atoms with van der Waals surface area (Å²) >= 11 is 0. The molecule has 2 atom stereocenters. The molecule has 4 nitrogen and oxygen atoms in total. The zero-order chi connectivity index (χ0) is 10.7. The van der Waals surface area contributed by atoms with Crippen LogP contribution in [0.25, 0.3) is 0 Å². The van der Waals surface area contributed by atoms with Gasteiger partial charge in [-0.1, -0.05) is 13.8 Å². The van der Waals surface area contributed by atoms with Crippen LogP contribution in [0.1, 0.15) is 26.7 Å². The van der Waals surface area contributed by atoms with Gasteiger partial charge >= 0.3 is 0 Å². The number of rotatable bonds is 2. The summed E-state index contributed by atoms with van der Waals surface area (Å²) in [5.41, 5.74) is 11.6. The van der Waals surface area contributed by atoms with E-state index in [1.165, 1.54) is 0 Å². The van der Waals surface area contributed by atoms with Crippen LogP contribution in [0.5, 0.6) is 0 Å². The number of hydrogen-bond donors (Lipinski definition) is 2. The van der Waals surface area contributed by atoms with Crippen molar-refractivity contribution in [3.8, 4) is 0 Å². The van der Waals surface area contributed by atoms with Crippen molar-refractivity contribution in [2.45, 2.75) is 38.8 Å². The molecule has 1 rings (SSSR count). The van der Waals surface area contributed by atoms with Gasteiger partial charge in [0.1, 0.15) is 0 Å². The summed E-state index contributed by atoms with van der Waals surface area (Å²) in [5.74, 6) is 0.246. The predicted molar refractivity (Wildman–Crippen MR) is 63.9 cm³/mol. The van der Waals surface area contributed by atoms with Crippen LogP contribution in [0.3, 0.4) is 0 Å². The lowest BCUT2D eigenvalue weighted by atomic mass is 10.0. The molecule has 15 heavy (non-hydrogen) atoms. The number of carbonyl (C=O) groups is 1. The monoisotopic (exact) mass is 235 g/mol. The van der Waals surface area contributed by atoms with Crippen molar-refractivity contribution in [3.05, 3.63) is 0 Å². The first kappa shape index (κ1) is 14.7. The topological polar surface area (TPSA) is 72.4 Å². The normalized spacial score (nSPS) is 23.5. The van der Waals surface area contributed by atoms with Crippen molar-refractivity contribution in [2.24, 2.45) is 17.4 Å². The number of nitrogens with zero attached hydrogens (tertiary/aromatic N) is 1. The van der Waals surface area contributed by atoms with E-state index in [1.807, 2.05) is 13.8 Å². The van der Waals surface area contributed by atoms with Crippen LogP contribution < -0.4 is 11.5 Å². The molecule has 1 aliphatic heterocycles. The summed E-state index contributed by atoms with van der Waals surface area (Å²) in [6.07, 6.45) is 2.01. The lowest BCUT2D eigenvalue weighted by Gasteiger charge is -2.33. The fraction of sp³-hybridized carbons (Fsp3) is 0.900. The quantitative estimate of drug-likeness (QED) is 0.725. The number of amides is 1. The zero-order valence-electron chi connectivity index (χ0n) is 9.48. The van der Waals surface area contributed by atoms with Crippen LogP contribution in [0.15, 0.2) is 0 Å². The maximum Gasteiger partial charge on any atom is 0.239 e. The van der Waals surface area contributed by atoms with Crippen LogP contribution in [0, 0.1) is 5.92 Å². The lowest BCUT2D eigenvalue weighted by Crippen LogP contribution is -2.52. The highest BCUT2D eigenvalue weighted by atomic mass is 35.5. The molecule has 1 unspecified atom stereocenters. The first-order chi connectivity index (χ1) is 6.52. The molecule has 90 valence electrons. The van der Waals surface area contributed by atoms with E-state index in [9.17, 15) is 4.79 Å². The van der Waals surface area contributed by atoms with Gasteiger partial charge in [0.25, 0.3) is 0 Å². The number of likely N-dealkylation sites (tertiary alicyclic amines) is 1. The second kappa shape index (κ2) is 6.30. The number of halogens is 1. The highest BCUT2D eigenvalue weighted by Gasteiger charge is 2.26. The molecule has 0 radical (unpaired) electrons. The molecule has 4 N–H and O–H groups in total. The molecule has 1 saturated heterocycles. The van der Waals surface area contributed by atoms with Gasteiger partial charge in [0, 0.05) is 19.1 Å². The molecular formula is C10H22ClN3O. The molecule has 0 aromatic heterocycles. The van der Waals surface area contributed by atoms with Gasteiger partial charge in [0.15, 0.2) is 0 Å². The van der Waals surface area contributed by atoms with Crippen molar-refractivity contribution in [2.75, 3.05) is 13.1 Å². The van der Waals surface area contributed by atoms with Gasteiger partial charge in [-0.25, -0.2) is 0 Å². The Labute approximate surface area is 97.8 Å². The van der Waals surface area contributed by atoms with Crippen LogP contribution >= 0.6 is 12.4 Å². The van der Waals surface area contributed by atoms with E-state index in [4.69, 9.17) is 11.5 Å². The Kier molecular flexibility index (Phi) is 6.17. The van der Waals surface area contributed by atoms with E-state index in [0.29, 0.717) is 6.54 Å². The van der Waals surface area contributed by atoms with E-state index in [2.05, 4.69) is 0 Å². The van der Waals surface area contributed by atoms with Crippen LogP contribution in [-0.4, -0.2) is 36.0 Å². The molecule has 1 fully saturated rings. The average Bonchev–Trinajstić information content (AvgIpc) is 2.15. The second-order valence-corrected chi connectivity index (χ2v) is 4.46. The van der Waals surface area contributed by atoms with Crippen LogP contribution in [-0.2, 0) is 4.79 Å². The molecular weight excluding hydrogens is 214 g/mol. The van der Waals surface area contributed by atoms with Crippen molar-refractivity contribution in [1.29, 1.82) is 0 Å². The van der Waals surface area contributed by atoms with Gasteiger partial charge in [-0.05, 0) is 18.8 Å². The minimum absolute atomic E-state index is 0. The minimum atomic E-state index is -0.375. The smallest absolute Gasteiger partial charge is 0.239 e. The predicted octanol–water partition coefficient (Wildman–Crippen LogP) is 0.341. The summed E-state index contributed by atoms with van der Waals surface area (Å²) in [6.45, 7) is 5.41. The molecule has 1 amide bonds. The molecule has 1 heterocycles. The Morgan fingerprint density at radius 1 is 1.47 bits per heavy atom. The average molecular weight is 236 g/mol. The summed E-state index contributed by atoms with van der Waals surface area (Å²) < 4.78 is 0. The van der Waals surface area contributed by atoms with Crippen molar-refractivity contribution in [3.63, 3.8) is 0 Å². The van der Waals surface area contributed by atoms with Crippen molar-refractivity contribution >= 4 is 18.3 Å². The maximum absolute atomic E-state index is 11.8. The van der Waals surface area contributed by atoms with Crippen molar-refractivity contribution < 1.29 is 4.79 Å². The number of hydrogen-bond acceptors (Lipinski definition) is 3. The zero-order valence-corrected chi connectivity index (χ0v) is 10.3. The highest BCUT2D eigenvalue weighted by Crippen LogP contribution is 2.11. The van der Waals surface area contributed by atoms with E-state index in [0.717, 1.165) is 19.4 Å². The van der Waals surface area contributed by atoms with Gasteiger partial charge < -0.3 is 16.4 Å². The lowest BCUT2D eigenvalue weighted by molar-refractivity contribution is -0.134. The third kappa shape index (κ3) is 3.97. The first-order valence-corrected chi connectivity index (χ1v) is 5.32. The molecule has 0 bridgehead atoms. The van der Waals surface area contributed by atoms with Crippen LogP contribution in [0.4, 0.5) is 0 Å². The molecule has 0 aromatic rings. The highest BCUT2D eigenvalue weighted by molar-refractivity contribution is 5.85. The Bertz CT molecular complexity index is 211. The number of nitrogens with two attached hydrogens (primary N) is 2. The second-order valence-electron chi connectivity index (χ2n) is 4.46. The third-order valence-corrected chi connectivity index (χ3v) is 2.77. The molecule has 5 heteroatoms. The van der Waals surface area contributed by atoms with Gasteiger partial charge in [0.05, 0.1) is 6.04 Å². The fourth-order valence-electron chi connectivity index (χ4n) is 1.71. The SMILES string of the molecule is CC(C)[C@@H](N)C(=O)N1CCCC(N)C1.Cl. The Morgan fingerprint density at radius 3 is 2.53 bits per heavy atom. The summed E-state index contributed by atoms with van der Waals surface area (Å²) in [5, 5.41) is 0. The van der Waals surface area contributed by atoms with Gasteiger partial charge in [-0.15, -0.1) is 12.4 Å². The number of piperidine rings is 1. The van der Waals surface area contributed by atoms with E-state index >= 15 is 0 Å².